The first-order chi connectivity index (χ1) is 16.2. The van der Waals surface area contributed by atoms with Crippen LogP contribution in [0.25, 0.3) is 22.6 Å². The summed E-state index contributed by atoms with van der Waals surface area (Å²) in [4.78, 5) is 42.9. The number of hydrogen-bond acceptors (Lipinski definition) is 7. The summed E-state index contributed by atoms with van der Waals surface area (Å²) in [5, 5.41) is 0. The second-order valence-electron chi connectivity index (χ2n) is 7.82. The van der Waals surface area contributed by atoms with E-state index in [1.165, 1.54) is 4.57 Å². The van der Waals surface area contributed by atoms with Crippen molar-refractivity contribution in [3.63, 3.8) is 0 Å². The van der Waals surface area contributed by atoms with E-state index in [-0.39, 0.29) is 30.7 Å². The smallest absolute Gasteiger partial charge is 0.332 e. The van der Waals surface area contributed by atoms with E-state index in [0.717, 1.165) is 16.0 Å². The number of nitrogens with zero attached hydrogens (tertiary/aromatic N) is 5. The Bertz CT molecular complexity index is 1540. The van der Waals surface area contributed by atoms with Gasteiger partial charge in [-0.05, 0) is 32.9 Å². The van der Waals surface area contributed by atoms with Crippen molar-refractivity contribution in [1.82, 2.24) is 23.1 Å². The number of rotatable bonds is 7. The van der Waals surface area contributed by atoms with E-state index < -0.39 is 17.2 Å². The zero-order valence-corrected chi connectivity index (χ0v) is 20.0. The van der Waals surface area contributed by atoms with E-state index in [9.17, 15) is 14.4 Å². The lowest BCUT2D eigenvalue weighted by atomic mass is 10.2. The van der Waals surface area contributed by atoms with Crippen molar-refractivity contribution >= 4 is 22.9 Å². The average Bonchev–Trinajstić information content (AvgIpc) is 3.32. The summed E-state index contributed by atoms with van der Waals surface area (Å²) in [5.41, 5.74) is 1.71. The molecule has 34 heavy (non-hydrogen) atoms. The summed E-state index contributed by atoms with van der Waals surface area (Å²) in [5.74, 6) is 1.20. The van der Waals surface area contributed by atoms with Crippen molar-refractivity contribution in [2.45, 2.75) is 33.7 Å². The molecule has 11 nitrogen and oxygen atoms in total. The Morgan fingerprint density at radius 3 is 2.47 bits per heavy atom. The van der Waals surface area contributed by atoms with Crippen LogP contribution in [-0.2, 0) is 23.1 Å². The first kappa shape index (κ1) is 23.1. The third kappa shape index (κ3) is 3.44. The van der Waals surface area contributed by atoms with Crippen molar-refractivity contribution in [3.8, 4) is 17.2 Å². The summed E-state index contributed by atoms with van der Waals surface area (Å²) in [6.45, 7) is 5.63. The van der Waals surface area contributed by atoms with Gasteiger partial charge in [-0.3, -0.25) is 27.7 Å². The Hall–Kier alpha value is -4.02. The molecule has 0 N–H and O–H groups in total. The third-order valence-electron chi connectivity index (χ3n) is 5.99. The van der Waals surface area contributed by atoms with Gasteiger partial charge in [0.2, 0.25) is 5.78 Å². The number of fused-ring (bicyclic) bond motifs is 3. The quantitative estimate of drug-likeness (QED) is 0.379. The molecule has 0 saturated carbocycles. The van der Waals surface area contributed by atoms with E-state index in [0.29, 0.717) is 23.0 Å². The largest absolute Gasteiger partial charge is 0.497 e. The van der Waals surface area contributed by atoms with Gasteiger partial charge < -0.3 is 14.2 Å². The molecule has 0 radical (unpaired) electrons. The Morgan fingerprint density at radius 1 is 1.09 bits per heavy atom. The fourth-order valence-electron chi connectivity index (χ4n) is 4.14. The Balaban J connectivity index is 2.03. The average molecular weight is 469 g/mol. The highest BCUT2D eigenvalue weighted by Gasteiger charge is 2.24. The maximum absolute atomic E-state index is 13.5. The number of ether oxygens (including phenoxy) is 3. The molecule has 180 valence electrons. The van der Waals surface area contributed by atoms with E-state index in [2.05, 4.69) is 4.98 Å². The van der Waals surface area contributed by atoms with Gasteiger partial charge in [0.15, 0.2) is 11.2 Å². The number of aromatic nitrogens is 5. The van der Waals surface area contributed by atoms with Crippen LogP contribution in [0.15, 0.2) is 27.8 Å². The van der Waals surface area contributed by atoms with Gasteiger partial charge in [0.05, 0.1) is 32.9 Å². The lowest BCUT2D eigenvalue weighted by Gasteiger charge is -2.13. The first-order valence-electron chi connectivity index (χ1n) is 10.8. The van der Waals surface area contributed by atoms with E-state index >= 15 is 0 Å². The summed E-state index contributed by atoms with van der Waals surface area (Å²) in [7, 11) is 4.70. The third-order valence-corrected chi connectivity index (χ3v) is 5.99. The number of hydrogen-bond donors (Lipinski definition) is 0. The van der Waals surface area contributed by atoms with Gasteiger partial charge in [-0.15, -0.1) is 0 Å². The molecule has 0 aliphatic heterocycles. The van der Waals surface area contributed by atoms with E-state index in [1.54, 1.807) is 44.7 Å². The summed E-state index contributed by atoms with van der Waals surface area (Å²) >= 11 is 0. The van der Waals surface area contributed by atoms with Crippen LogP contribution in [0.4, 0.5) is 0 Å². The lowest BCUT2D eigenvalue weighted by molar-refractivity contribution is -0.143. The molecule has 3 heterocycles. The van der Waals surface area contributed by atoms with Crippen LogP contribution in [0.2, 0.25) is 0 Å². The second kappa shape index (κ2) is 8.73. The molecule has 11 heteroatoms. The van der Waals surface area contributed by atoms with Crippen molar-refractivity contribution < 1.29 is 19.0 Å². The number of esters is 1. The summed E-state index contributed by atoms with van der Waals surface area (Å²) < 4.78 is 21.9. The molecular formula is C23H27N5O6. The van der Waals surface area contributed by atoms with Crippen molar-refractivity contribution in [2.75, 3.05) is 20.8 Å². The minimum absolute atomic E-state index is 0.0868. The van der Waals surface area contributed by atoms with E-state index in [4.69, 9.17) is 14.2 Å². The van der Waals surface area contributed by atoms with Gasteiger partial charge in [0.25, 0.3) is 5.56 Å². The molecule has 0 atom stereocenters. The van der Waals surface area contributed by atoms with E-state index in [1.807, 2.05) is 24.5 Å². The van der Waals surface area contributed by atoms with Crippen LogP contribution in [-0.4, -0.2) is 49.9 Å². The highest BCUT2D eigenvalue weighted by atomic mass is 16.5. The molecule has 0 saturated heterocycles. The van der Waals surface area contributed by atoms with Gasteiger partial charge >= 0.3 is 11.7 Å². The van der Waals surface area contributed by atoms with Crippen molar-refractivity contribution in [1.29, 1.82) is 0 Å². The molecular weight excluding hydrogens is 442 g/mol. The maximum atomic E-state index is 13.5. The van der Waals surface area contributed by atoms with Crippen molar-refractivity contribution in [3.05, 3.63) is 50.4 Å². The van der Waals surface area contributed by atoms with Gasteiger partial charge in [-0.1, -0.05) is 0 Å². The number of benzene rings is 1. The Morgan fingerprint density at radius 2 is 1.82 bits per heavy atom. The Kier molecular flexibility index (Phi) is 5.94. The molecule has 0 aliphatic carbocycles. The predicted molar refractivity (Wildman–Crippen MR) is 125 cm³/mol. The molecule has 3 aromatic heterocycles. The molecule has 0 aliphatic rings. The summed E-state index contributed by atoms with van der Waals surface area (Å²) in [6.07, 6.45) is -0.0868. The lowest BCUT2D eigenvalue weighted by Crippen LogP contribution is -2.40. The number of carbonyl (C=O) groups excluding carboxylic acids is 1. The minimum Gasteiger partial charge on any atom is -0.497 e. The van der Waals surface area contributed by atoms with Crippen LogP contribution in [0.5, 0.6) is 11.5 Å². The minimum atomic E-state index is -0.553. The van der Waals surface area contributed by atoms with Crippen LogP contribution < -0.4 is 20.7 Å². The van der Waals surface area contributed by atoms with Crippen molar-refractivity contribution in [2.24, 2.45) is 7.05 Å². The van der Waals surface area contributed by atoms with Crippen LogP contribution >= 0.6 is 0 Å². The van der Waals surface area contributed by atoms with Gasteiger partial charge in [0, 0.05) is 31.0 Å². The Labute approximate surface area is 194 Å². The van der Waals surface area contributed by atoms with Gasteiger partial charge in [-0.2, -0.15) is 4.98 Å². The highest BCUT2D eigenvalue weighted by molar-refractivity contribution is 5.78. The molecule has 0 amide bonds. The molecule has 0 fully saturated rings. The molecule has 1 aromatic carbocycles. The first-order valence-corrected chi connectivity index (χ1v) is 10.8. The molecule has 0 bridgehead atoms. The highest BCUT2D eigenvalue weighted by Crippen LogP contribution is 2.32. The molecule has 4 rings (SSSR count). The second-order valence-corrected chi connectivity index (χ2v) is 7.82. The maximum Gasteiger partial charge on any atom is 0.332 e. The normalized spacial score (nSPS) is 11.4. The van der Waals surface area contributed by atoms with Gasteiger partial charge in [0.1, 0.15) is 11.5 Å². The fourth-order valence-corrected chi connectivity index (χ4v) is 4.14. The molecule has 0 spiro atoms. The fraction of sp³-hybridized carbons (Fsp3) is 0.391. The topological polar surface area (TPSA) is 111 Å². The van der Waals surface area contributed by atoms with Crippen LogP contribution in [0.3, 0.4) is 0 Å². The predicted octanol–water partition coefficient (Wildman–Crippen LogP) is 1.73. The van der Waals surface area contributed by atoms with Gasteiger partial charge in [-0.25, -0.2) is 4.79 Å². The van der Waals surface area contributed by atoms with Crippen LogP contribution in [0, 0.1) is 13.8 Å². The molecule has 0 unspecified atom stereocenters. The number of imidazole rings is 2. The standard InChI is InChI=1S/C23H27N5O6/c1-7-34-18(29)10-11-26-21(30)19-20(25(4)23(26)31)24-22-27(13(2)14(3)28(19)22)16-12-15(32-5)8-9-17(16)33-6/h8-9,12H,7,10-11H2,1-6H3. The molecule has 4 aromatic rings. The zero-order chi connectivity index (χ0) is 24.7. The number of aryl methyl sites for hydroxylation is 2. The van der Waals surface area contributed by atoms with Crippen LogP contribution in [0.1, 0.15) is 24.7 Å². The summed E-state index contributed by atoms with van der Waals surface area (Å²) in [6, 6.07) is 5.40. The number of carbonyl (C=O) groups is 1. The SMILES string of the molecule is CCOC(=O)CCn1c(=O)c2c(nc3n(-c4cc(OC)ccc4OC)c(C)c(C)n23)n(C)c1=O. The monoisotopic (exact) mass is 469 g/mol. The zero-order valence-electron chi connectivity index (χ0n) is 20.0. The number of methoxy groups -OCH3 is 2.